The lowest BCUT2D eigenvalue weighted by atomic mass is 10.2. The Labute approximate surface area is 149 Å². The highest BCUT2D eigenvalue weighted by molar-refractivity contribution is 7.17. The molecule has 12 heteroatoms. The lowest BCUT2D eigenvalue weighted by molar-refractivity contribution is -0.384. The average molecular weight is 381 g/mol. The number of nitrogens with one attached hydrogen (secondary N) is 1. The van der Waals surface area contributed by atoms with Crippen molar-refractivity contribution < 1.29 is 28.9 Å². The van der Waals surface area contributed by atoms with Gasteiger partial charge in [-0.1, -0.05) is 11.3 Å². The molecule has 136 valence electrons. The van der Waals surface area contributed by atoms with Gasteiger partial charge in [0.05, 0.1) is 23.0 Å². The predicted molar refractivity (Wildman–Crippen MR) is 89.5 cm³/mol. The molecular weight excluding hydrogens is 370 g/mol. The average Bonchev–Trinajstić information content (AvgIpc) is 3.10. The number of nitrogens with zero attached hydrogens (tertiary/aromatic N) is 2. The number of carbonyl (C=O) groups excluding carboxylic acids is 2. The zero-order valence-corrected chi connectivity index (χ0v) is 14.0. The Morgan fingerprint density at radius 1 is 1.15 bits per heavy atom. The number of benzene rings is 1. The van der Waals surface area contributed by atoms with Crippen molar-refractivity contribution in [2.24, 2.45) is 0 Å². The second-order valence-corrected chi connectivity index (χ2v) is 5.72. The van der Waals surface area contributed by atoms with Crippen molar-refractivity contribution in [2.75, 3.05) is 19.0 Å². The number of anilines is 1. The molecule has 1 amide bonds. The van der Waals surface area contributed by atoms with Crippen LogP contribution in [0, 0.1) is 20.2 Å². The number of rotatable bonds is 7. The van der Waals surface area contributed by atoms with E-state index in [4.69, 9.17) is 9.47 Å². The molecule has 0 radical (unpaired) electrons. The van der Waals surface area contributed by atoms with Crippen LogP contribution in [0.5, 0.6) is 5.75 Å². The zero-order chi connectivity index (χ0) is 19.3. The molecule has 0 aliphatic heterocycles. The first-order valence-electron chi connectivity index (χ1n) is 6.85. The lowest BCUT2D eigenvalue weighted by Gasteiger charge is -2.07. The summed E-state index contributed by atoms with van der Waals surface area (Å²) in [5.74, 6) is -1.49. The first-order chi connectivity index (χ1) is 12.3. The van der Waals surface area contributed by atoms with E-state index < -0.39 is 34.0 Å². The summed E-state index contributed by atoms with van der Waals surface area (Å²) in [7, 11) is 1.34. The maximum absolute atomic E-state index is 11.8. The molecule has 0 fully saturated rings. The summed E-state index contributed by atoms with van der Waals surface area (Å²) in [4.78, 5) is 43.8. The number of nitro groups is 2. The molecule has 26 heavy (non-hydrogen) atoms. The zero-order valence-electron chi connectivity index (χ0n) is 13.2. The molecule has 0 spiro atoms. The summed E-state index contributed by atoms with van der Waals surface area (Å²) >= 11 is 0.607. The van der Waals surface area contributed by atoms with Gasteiger partial charge in [-0.25, -0.2) is 4.79 Å². The summed E-state index contributed by atoms with van der Waals surface area (Å²) in [6.45, 7) is -0.715. The van der Waals surface area contributed by atoms with E-state index in [1.807, 2.05) is 0 Å². The highest BCUT2D eigenvalue weighted by Crippen LogP contribution is 2.29. The molecule has 2 aromatic rings. The Morgan fingerprint density at radius 2 is 1.88 bits per heavy atom. The van der Waals surface area contributed by atoms with E-state index in [1.54, 1.807) is 0 Å². The van der Waals surface area contributed by atoms with Crippen molar-refractivity contribution in [3.05, 3.63) is 55.4 Å². The number of carbonyl (C=O) groups is 2. The molecule has 0 saturated heterocycles. The lowest BCUT2D eigenvalue weighted by Crippen LogP contribution is -2.21. The molecule has 0 atom stereocenters. The van der Waals surface area contributed by atoms with E-state index >= 15 is 0 Å². The number of nitro benzene ring substituents is 1. The molecule has 0 aliphatic rings. The number of amides is 1. The minimum absolute atomic E-state index is 0.0417. The monoisotopic (exact) mass is 381 g/mol. The van der Waals surface area contributed by atoms with Gasteiger partial charge in [-0.2, -0.15) is 0 Å². The van der Waals surface area contributed by atoms with Gasteiger partial charge in [0.25, 0.3) is 11.6 Å². The Bertz CT molecular complexity index is 879. The van der Waals surface area contributed by atoms with E-state index in [0.717, 1.165) is 12.1 Å². The van der Waals surface area contributed by atoms with Gasteiger partial charge >= 0.3 is 11.0 Å². The van der Waals surface area contributed by atoms with E-state index in [9.17, 15) is 29.8 Å². The summed E-state index contributed by atoms with van der Waals surface area (Å²) in [5.41, 5.74) is -0.485. The van der Waals surface area contributed by atoms with Crippen molar-refractivity contribution in [3.63, 3.8) is 0 Å². The SMILES string of the molecule is COc1ccc(NC(=O)COC(=O)c2ccc([N+](=O)[O-])s2)c([N+](=O)[O-])c1. The van der Waals surface area contributed by atoms with Gasteiger partial charge in [-0.15, -0.1) is 0 Å². The summed E-state index contributed by atoms with van der Waals surface area (Å²) < 4.78 is 9.62. The molecule has 0 saturated carbocycles. The topological polar surface area (TPSA) is 151 Å². The number of ether oxygens (including phenoxy) is 2. The van der Waals surface area contributed by atoms with E-state index in [0.29, 0.717) is 11.3 Å². The van der Waals surface area contributed by atoms with Crippen molar-refractivity contribution >= 4 is 39.6 Å². The molecule has 0 unspecified atom stereocenters. The summed E-state index contributed by atoms with van der Waals surface area (Å²) in [6, 6.07) is 6.17. The fourth-order valence-corrected chi connectivity index (χ4v) is 2.53. The molecule has 11 nitrogen and oxygen atoms in total. The van der Waals surface area contributed by atoms with Crippen LogP contribution in [-0.2, 0) is 9.53 Å². The van der Waals surface area contributed by atoms with Gasteiger partial charge in [0.15, 0.2) is 6.61 Å². The first kappa shape index (κ1) is 18.8. The summed E-state index contributed by atoms with van der Waals surface area (Å²) in [5, 5.41) is 23.6. The van der Waals surface area contributed by atoms with E-state index in [1.165, 1.54) is 25.3 Å². The van der Waals surface area contributed by atoms with Crippen molar-refractivity contribution in [1.29, 1.82) is 0 Å². The second-order valence-electron chi connectivity index (χ2n) is 4.66. The molecular formula is C14H11N3O8S. The number of esters is 1. The summed E-state index contributed by atoms with van der Waals surface area (Å²) in [6.07, 6.45) is 0. The standard InChI is InChI=1S/C14H11N3O8S/c1-24-8-2-3-9(10(6-8)16(20)21)15-12(18)7-25-14(19)11-4-5-13(26-11)17(22)23/h2-6H,7H2,1H3,(H,15,18). The molecule has 1 N–H and O–H groups in total. The minimum atomic E-state index is -0.914. The third kappa shape index (κ3) is 4.51. The van der Waals surface area contributed by atoms with Gasteiger partial charge in [0.2, 0.25) is 0 Å². The van der Waals surface area contributed by atoms with Crippen LogP contribution in [0.3, 0.4) is 0 Å². The van der Waals surface area contributed by atoms with Crippen molar-refractivity contribution in [3.8, 4) is 5.75 Å². The number of thiophene rings is 1. The molecule has 0 bridgehead atoms. The molecule has 0 aliphatic carbocycles. The van der Waals surface area contributed by atoms with E-state index in [2.05, 4.69) is 5.32 Å². The van der Waals surface area contributed by atoms with Gasteiger partial charge in [-0.05, 0) is 18.2 Å². The Balaban J connectivity index is 1.99. The molecule has 1 heterocycles. The van der Waals surface area contributed by atoms with Crippen molar-refractivity contribution in [2.45, 2.75) is 0 Å². The first-order valence-corrected chi connectivity index (χ1v) is 7.67. The Hall–Kier alpha value is -3.54. The van der Waals surface area contributed by atoms with Gasteiger partial charge in [0.1, 0.15) is 16.3 Å². The highest BCUT2D eigenvalue weighted by Gasteiger charge is 2.20. The van der Waals surface area contributed by atoms with Gasteiger partial charge < -0.3 is 14.8 Å². The third-order valence-corrected chi connectivity index (χ3v) is 4.00. The smallest absolute Gasteiger partial charge is 0.349 e. The Morgan fingerprint density at radius 3 is 2.46 bits per heavy atom. The largest absolute Gasteiger partial charge is 0.496 e. The number of hydrogen-bond acceptors (Lipinski definition) is 9. The van der Waals surface area contributed by atoms with Gasteiger partial charge in [-0.3, -0.25) is 25.0 Å². The van der Waals surface area contributed by atoms with Crippen molar-refractivity contribution in [1.82, 2.24) is 0 Å². The predicted octanol–water partition coefficient (Wildman–Crippen LogP) is 2.37. The van der Waals surface area contributed by atoms with E-state index in [-0.39, 0.29) is 21.3 Å². The third-order valence-electron chi connectivity index (χ3n) is 2.98. The van der Waals surface area contributed by atoms with Crippen LogP contribution in [0.2, 0.25) is 0 Å². The van der Waals surface area contributed by atoms with Crippen LogP contribution < -0.4 is 10.1 Å². The fourth-order valence-electron chi connectivity index (χ4n) is 1.82. The van der Waals surface area contributed by atoms with Crippen LogP contribution in [-0.4, -0.2) is 35.4 Å². The number of methoxy groups -OCH3 is 1. The number of hydrogen-bond donors (Lipinski definition) is 1. The van der Waals surface area contributed by atoms with Crippen LogP contribution in [0.1, 0.15) is 9.67 Å². The highest BCUT2D eigenvalue weighted by atomic mass is 32.1. The van der Waals surface area contributed by atoms with Crippen LogP contribution in [0.4, 0.5) is 16.4 Å². The van der Waals surface area contributed by atoms with Crippen LogP contribution >= 0.6 is 11.3 Å². The maximum Gasteiger partial charge on any atom is 0.349 e. The maximum atomic E-state index is 11.8. The second kappa shape index (κ2) is 8.02. The molecule has 1 aromatic heterocycles. The quantitative estimate of drug-likeness (QED) is 0.436. The van der Waals surface area contributed by atoms with Crippen LogP contribution in [0.15, 0.2) is 30.3 Å². The fraction of sp³-hybridized carbons (Fsp3) is 0.143. The van der Waals surface area contributed by atoms with Crippen LogP contribution in [0.25, 0.3) is 0 Å². The molecule has 2 rings (SSSR count). The minimum Gasteiger partial charge on any atom is -0.496 e. The molecule has 1 aromatic carbocycles. The normalized spacial score (nSPS) is 10.0. The Kier molecular flexibility index (Phi) is 5.80. The van der Waals surface area contributed by atoms with Gasteiger partial charge in [0, 0.05) is 6.07 Å².